The van der Waals surface area contributed by atoms with Crippen LogP contribution in [-0.4, -0.2) is 0 Å². The van der Waals surface area contributed by atoms with E-state index in [1.165, 1.54) is 20.5 Å². The molecule has 0 atom stereocenters. The Morgan fingerprint density at radius 2 is 1.00 bits per heavy atom. The third kappa shape index (κ3) is 1.82. The molecule has 0 saturated heterocycles. The first kappa shape index (κ1) is 10.1. The standard InChI is InChI=1S/C13H9S3/c1-4-10(14-7-1)13(11-5-2-8-15-11)12-6-3-9-16-12/h1-9H/q-1. The highest BCUT2D eigenvalue weighted by atomic mass is 32.1. The van der Waals surface area contributed by atoms with Crippen LogP contribution in [0.5, 0.6) is 0 Å². The minimum atomic E-state index is 1.35. The zero-order valence-corrected chi connectivity index (χ0v) is 10.9. The normalized spacial score (nSPS) is 10.5. The summed E-state index contributed by atoms with van der Waals surface area (Å²) >= 11 is 5.41. The van der Waals surface area contributed by atoms with Crippen LogP contribution in [0.4, 0.5) is 0 Å². The van der Waals surface area contributed by atoms with Crippen LogP contribution in [0.25, 0.3) is 0 Å². The first-order valence-electron chi connectivity index (χ1n) is 4.94. The van der Waals surface area contributed by atoms with Crippen molar-refractivity contribution in [3.05, 3.63) is 73.1 Å². The van der Waals surface area contributed by atoms with E-state index >= 15 is 0 Å². The number of rotatable bonds is 3. The maximum atomic E-state index is 2.19. The smallest absolute Gasteiger partial charge is 0.0195 e. The molecule has 3 rings (SSSR count). The van der Waals surface area contributed by atoms with Crippen LogP contribution in [0.1, 0.15) is 14.6 Å². The Labute approximate surface area is 107 Å². The average Bonchev–Trinajstić information content (AvgIpc) is 3.02. The Hall–Kier alpha value is -1.03. The van der Waals surface area contributed by atoms with E-state index in [4.69, 9.17) is 0 Å². The van der Waals surface area contributed by atoms with Crippen LogP contribution in [0.2, 0.25) is 0 Å². The second-order valence-corrected chi connectivity index (χ2v) is 6.15. The van der Waals surface area contributed by atoms with E-state index in [9.17, 15) is 0 Å². The van der Waals surface area contributed by atoms with Crippen LogP contribution < -0.4 is 0 Å². The molecule has 0 aliphatic heterocycles. The second kappa shape index (κ2) is 4.45. The average molecular weight is 261 g/mol. The van der Waals surface area contributed by atoms with Gasteiger partial charge in [0.15, 0.2) is 0 Å². The molecule has 3 heteroatoms. The molecule has 0 radical (unpaired) electrons. The number of hydrogen-bond donors (Lipinski definition) is 0. The van der Waals surface area contributed by atoms with Crippen molar-refractivity contribution in [2.75, 3.05) is 0 Å². The van der Waals surface area contributed by atoms with E-state index < -0.39 is 0 Å². The summed E-state index contributed by atoms with van der Waals surface area (Å²) in [5.41, 5.74) is 0. The molecule has 0 saturated carbocycles. The molecule has 0 N–H and O–H groups in total. The molecule has 0 aliphatic rings. The van der Waals surface area contributed by atoms with Crippen molar-refractivity contribution in [3.63, 3.8) is 0 Å². The molecule has 0 aliphatic carbocycles. The Morgan fingerprint density at radius 1 is 0.625 bits per heavy atom. The van der Waals surface area contributed by atoms with Crippen LogP contribution >= 0.6 is 34.0 Å². The highest BCUT2D eigenvalue weighted by Gasteiger charge is 2.11. The third-order valence-electron chi connectivity index (χ3n) is 2.30. The van der Waals surface area contributed by atoms with Crippen molar-refractivity contribution in [3.8, 4) is 0 Å². The lowest BCUT2D eigenvalue weighted by atomic mass is 10.0. The Morgan fingerprint density at radius 3 is 1.25 bits per heavy atom. The lowest BCUT2D eigenvalue weighted by molar-refractivity contribution is 1.37. The first-order valence-corrected chi connectivity index (χ1v) is 7.57. The SMILES string of the molecule is c1csc([C-](c2cccs2)c2cccs2)c1. The summed E-state index contributed by atoms with van der Waals surface area (Å²) in [6, 6.07) is 12.9. The summed E-state index contributed by atoms with van der Waals surface area (Å²) < 4.78 is 0. The van der Waals surface area contributed by atoms with E-state index in [1.807, 2.05) is 0 Å². The van der Waals surface area contributed by atoms with Gasteiger partial charge in [-0.3, -0.25) is 0 Å². The maximum Gasteiger partial charge on any atom is -0.0195 e. The lowest BCUT2D eigenvalue weighted by Gasteiger charge is -2.19. The molecule has 0 spiro atoms. The van der Waals surface area contributed by atoms with Gasteiger partial charge in [0.1, 0.15) is 0 Å². The Kier molecular flexibility index (Phi) is 2.82. The van der Waals surface area contributed by atoms with Crippen molar-refractivity contribution < 1.29 is 0 Å². The van der Waals surface area contributed by atoms with E-state index in [0.29, 0.717) is 0 Å². The van der Waals surface area contributed by atoms with Crippen LogP contribution in [-0.2, 0) is 0 Å². The quantitative estimate of drug-likeness (QED) is 0.589. The molecule has 0 fully saturated rings. The van der Waals surface area contributed by atoms with E-state index in [-0.39, 0.29) is 0 Å². The third-order valence-corrected chi connectivity index (χ3v) is 4.96. The van der Waals surface area contributed by atoms with Crippen molar-refractivity contribution in [1.82, 2.24) is 0 Å². The fourth-order valence-corrected chi connectivity index (χ4v) is 4.22. The van der Waals surface area contributed by atoms with Crippen LogP contribution in [0.3, 0.4) is 0 Å². The molecule has 3 aromatic heterocycles. The molecule has 16 heavy (non-hydrogen) atoms. The van der Waals surface area contributed by atoms with Crippen LogP contribution in [0, 0.1) is 5.92 Å². The van der Waals surface area contributed by atoms with Gasteiger partial charge in [-0.25, -0.2) is 0 Å². The minimum absolute atomic E-state index is 1.35. The predicted molar refractivity (Wildman–Crippen MR) is 73.5 cm³/mol. The molecule has 3 heterocycles. The van der Waals surface area contributed by atoms with Gasteiger partial charge >= 0.3 is 0 Å². The van der Waals surface area contributed by atoms with E-state index in [2.05, 4.69) is 52.5 Å². The zero-order chi connectivity index (χ0) is 10.8. The Balaban J connectivity index is 2.09. The fraction of sp³-hybridized carbons (Fsp3) is 0. The van der Waals surface area contributed by atoms with Gasteiger partial charge in [-0.2, -0.15) is 34.0 Å². The van der Waals surface area contributed by atoms with Gasteiger partial charge in [0.2, 0.25) is 0 Å². The topological polar surface area (TPSA) is 0 Å². The predicted octanol–water partition coefficient (Wildman–Crippen LogP) is 4.89. The highest BCUT2D eigenvalue weighted by molar-refractivity contribution is 7.14. The molecule has 80 valence electrons. The molecule has 0 nitrogen and oxygen atoms in total. The number of thiophene rings is 3. The second-order valence-electron chi connectivity index (χ2n) is 3.31. The van der Waals surface area contributed by atoms with Gasteiger partial charge in [0.25, 0.3) is 0 Å². The summed E-state index contributed by atoms with van der Waals surface area (Å²) in [6.07, 6.45) is 0. The molecule has 0 unspecified atom stereocenters. The minimum Gasteiger partial charge on any atom is -0.165 e. The fourth-order valence-electron chi connectivity index (χ4n) is 1.63. The monoisotopic (exact) mass is 261 g/mol. The first-order chi connectivity index (χ1) is 7.95. The molecule has 0 amide bonds. The largest absolute Gasteiger partial charge is 0.165 e. The van der Waals surface area contributed by atoms with E-state index in [1.54, 1.807) is 34.0 Å². The summed E-state index contributed by atoms with van der Waals surface area (Å²) in [4.78, 5) is 4.06. The van der Waals surface area contributed by atoms with Gasteiger partial charge in [0.05, 0.1) is 0 Å². The maximum absolute atomic E-state index is 2.19. The van der Waals surface area contributed by atoms with Gasteiger partial charge in [-0.1, -0.05) is 24.1 Å². The van der Waals surface area contributed by atoms with Crippen molar-refractivity contribution in [2.24, 2.45) is 0 Å². The van der Waals surface area contributed by atoms with Crippen molar-refractivity contribution in [2.45, 2.75) is 0 Å². The van der Waals surface area contributed by atoms with Gasteiger partial charge in [0, 0.05) is 0 Å². The number of hydrogen-bond acceptors (Lipinski definition) is 3. The highest BCUT2D eigenvalue weighted by Crippen LogP contribution is 2.37. The summed E-state index contributed by atoms with van der Waals surface area (Å²) in [5.74, 6) is 1.38. The van der Waals surface area contributed by atoms with E-state index in [0.717, 1.165) is 0 Å². The Bertz CT molecular complexity index is 436. The zero-order valence-electron chi connectivity index (χ0n) is 8.42. The van der Waals surface area contributed by atoms with Gasteiger partial charge in [-0.15, -0.1) is 18.2 Å². The van der Waals surface area contributed by atoms with Gasteiger partial charge in [-0.05, 0) is 30.8 Å². The lowest BCUT2D eigenvalue weighted by Crippen LogP contribution is -1.96. The van der Waals surface area contributed by atoms with Gasteiger partial charge < -0.3 is 0 Å². The molecular weight excluding hydrogens is 252 g/mol. The van der Waals surface area contributed by atoms with Crippen molar-refractivity contribution in [1.29, 1.82) is 0 Å². The van der Waals surface area contributed by atoms with Crippen molar-refractivity contribution >= 4 is 34.0 Å². The molecular formula is C13H9S3-. The molecule has 0 bridgehead atoms. The summed E-state index contributed by atoms with van der Waals surface area (Å²) in [7, 11) is 0. The molecule has 3 aromatic rings. The van der Waals surface area contributed by atoms with Crippen LogP contribution in [0.15, 0.2) is 52.5 Å². The summed E-state index contributed by atoms with van der Waals surface area (Å²) in [5, 5.41) is 6.41. The summed E-state index contributed by atoms with van der Waals surface area (Å²) in [6.45, 7) is 0. The molecule has 0 aromatic carbocycles.